The summed E-state index contributed by atoms with van der Waals surface area (Å²) in [7, 11) is 0. The van der Waals surface area contributed by atoms with Crippen molar-refractivity contribution in [2.75, 3.05) is 0 Å². The summed E-state index contributed by atoms with van der Waals surface area (Å²) in [5, 5.41) is 8.31. The maximum atomic E-state index is 8.31. The highest BCUT2D eigenvalue weighted by atomic mass is 14.2. The van der Waals surface area contributed by atoms with E-state index in [-0.39, 0.29) is 0 Å². The van der Waals surface area contributed by atoms with Gasteiger partial charge >= 0.3 is 0 Å². The molecule has 0 heterocycles. The zero-order valence-corrected chi connectivity index (χ0v) is 9.59. The molecule has 14 heavy (non-hydrogen) atoms. The van der Waals surface area contributed by atoms with Crippen LogP contribution >= 0.6 is 0 Å². The predicted molar refractivity (Wildman–Crippen MR) is 61.8 cm³/mol. The van der Waals surface area contributed by atoms with Crippen molar-refractivity contribution in [3.63, 3.8) is 0 Å². The number of allylic oxidation sites excluding steroid dienone is 4. The van der Waals surface area contributed by atoms with Crippen LogP contribution in [0.2, 0.25) is 0 Å². The molecule has 78 valence electrons. The van der Waals surface area contributed by atoms with E-state index in [9.17, 15) is 0 Å². The Hall–Kier alpha value is -1.03. The van der Waals surface area contributed by atoms with Crippen molar-refractivity contribution in [3.05, 3.63) is 23.8 Å². The van der Waals surface area contributed by atoms with Gasteiger partial charge < -0.3 is 0 Å². The normalized spacial score (nSPS) is 14.3. The minimum Gasteiger partial charge on any atom is -0.193 e. The average molecular weight is 191 g/mol. The van der Waals surface area contributed by atoms with Crippen LogP contribution in [0.5, 0.6) is 0 Å². The van der Waals surface area contributed by atoms with Crippen LogP contribution in [0.4, 0.5) is 0 Å². The summed E-state index contributed by atoms with van der Waals surface area (Å²) < 4.78 is 0. The van der Waals surface area contributed by atoms with Crippen LogP contribution in [0, 0.1) is 17.2 Å². The van der Waals surface area contributed by atoms with Crippen LogP contribution in [0.1, 0.15) is 46.5 Å². The van der Waals surface area contributed by atoms with E-state index in [4.69, 9.17) is 5.26 Å². The van der Waals surface area contributed by atoms with Gasteiger partial charge in [0.25, 0.3) is 0 Å². The average Bonchev–Trinajstić information content (AvgIpc) is 2.18. The second kappa shape index (κ2) is 8.56. The van der Waals surface area contributed by atoms with E-state index in [1.165, 1.54) is 18.4 Å². The van der Waals surface area contributed by atoms with Crippen LogP contribution in [0.25, 0.3) is 0 Å². The number of hydrogen-bond donors (Lipinski definition) is 0. The molecular formula is C13H21N. The molecule has 0 saturated carbocycles. The van der Waals surface area contributed by atoms with E-state index >= 15 is 0 Å². The molecule has 1 unspecified atom stereocenters. The summed E-state index contributed by atoms with van der Waals surface area (Å²) in [6.07, 6.45) is 10.4. The quantitative estimate of drug-likeness (QED) is 0.455. The first-order valence-corrected chi connectivity index (χ1v) is 5.41. The molecule has 0 aliphatic rings. The fourth-order valence-electron chi connectivity index (χ4n) is 1.23. The number of nitriles is 1. The van der Waals surface area contributed by atoms with Gasteiger partial charge in [-0.25, -0.2) is 0 Å². The Morgan fingerprint density at radius 3 is 2.79 bits per heavy atom. The van der Waals surface area contributed by atoms with Gasteiger partial charge in [-0.15, -0.1) is 0 Å². The van der Waals surface area contributed by atoms with Crippen LogP contribution < -0.4 is 0 Å². The third kappa shape index (κ3) is 7.61. The van der Waals surface area contributed by atoms with E-state index in [0.717, 1.165) is 12.8 Å². The van der Waals surface area contributed by atoms with Crippen LogP contribution in [-0.2, 0) is 0 Å². The highest BCUT2D eigenvalue weighted by Crippen LogP contribution is 2.12. The Morgan fingerprint density at radius 1 is 1.50 bits per heavy atom. The Bertz CT molecular complexity index is 230. The lowest BCUT2D eigenvalue weighted by Crippen LogP contribution is -1.91. The first-order chi connectivity index (χ1) is 6.70. The van der Waals surface area contributed by atoms with Crippen molar-refractivity contribution in [3.8, 4) is 6.07 Å². The van der Waals surface area contributed by atoms with Gasteiger partial charge in [0.05, 0.1) is 6.07 Å². The second-order valence-corrected chi connectivity index (χ2v) is 3.85. The summed E-state index contributed by atoms with van der Waals surface area (Å²) >= 11 is 0. The minimum absolute atomic E-state index is 0.681. The molecule has 0 radical (unpaired) electrons. The van der Waals surface area contributed by atoms with E-state index in [2.05, 4.69) is 26.8 Å². The van der Waals surface area contributed by atoms with Gasteiger partial charge in [0.2, 0.25) is 0 Å². The van der Waals surface area contributed by atoms with Gasteiger partial charge in [0.1, 0.15) is 0 Å². The molecular weight excluding hydrogens is 170 g/mol. The highest BCUT2D eigenvalue weighted by molar-refractivity contribution is 5.02. The van der Waals surface area contributed by atoms with Gasteiger partial charge in [0, 0.05) is 6.08 Å². The van der Waals surface area contributed by atoms with Crippen LogP contribution in [0.15, 0.2) is 23.8 Å². The highest BCUT2D eigenvalue weighted by Gasteiger charge is 1.97. The molecule has 0 aliphatic heterocycles. The summed E-state index contributed by atoms with van der Waals surface area (Å²) in [4.78, 5) is 0. The predicted octanol–water partition coefficient (Wildman–Crippen LogP) is 4.23. The molecule has 1 nitrogen and oxygen atoms in total. The molecule has 1 atom stereocenters. The van der Waals surface area contributed by atoms with E-state index in [1.54, 1.807) is 6.08 Å². The molecule has 0 bridgehead atoms. The van der Waals surface area contributed by atoms with E-state index < -0.39 is 0 Å². The lowest BCUT2D eigenvalue weighted by atomic mass is 10.0. The number of nitrogens with zero attached hydrogens (tertiary/aromatic N) is 1. The van der Waals surface area contributed by atoms with Crippen molar-refractivity contribution in [1.82, 2.24) is 0 Å². The van der Waals surface area contributed by atoms with E-state index in [0.29, 0.717) is 5.92 Å². The third-order valence-corrected chi connectivity index (χ3v) is 2.44. The Balaban J connectivity index is 3.60. The SMILES string of the molecule is CCC(C)=CCCC(C)CC=CC#N. The zero-order chi connectivity index (χ0) is 10.8. The third-order valence-electron chi connectivity index (χ3n) is 2.44. The maximum absolute atomic E-state index is 8.31. The van der Waals surface area contributed by atoms with Crippen molar-refractivity contribution in [2.45, 2.75) is 46.5 Å². The fourth-order valence-corrected chi connectivity index (χ4v) is 1.23. The van der Waals surface area contributed by atoms with Gasteiger partial charge in [0.15, 0.2) is 0 Å². The van der Waals surface area contributed by atoms with Crippen molar-refractivity contribution < 1.29 is 0 Å². The van der Waals surface area contributed by atoms with Gasteiger partial charge in [-0.2, -0.15) is 5.26 Å². The van der Waals surface area contributed by atoms with Crippen LogP contribution in [-0.4, -0.2) is 0 Å². The minimum atomic E-state index is 0.681. The molecule has 0 N–H and O–H groups in total. The summed E-state index contributed by atoms with van der Waals surface area (Å²) in [5.41, 5.74) is 1.48. The fraction of sp³-hybridized carbons (Fsp3) is 0.615. The van der Waals surface area contributed by atoms with E-state index in [1.807, 2.05) is 12.1 Å². The second-order valence-electron chi connectivity index (χ2n) is 3.85. The summed E-state index contributed by atoms with van der Waals surface area (Å²) in [6, 6.07) is 2.01. The lowest BCUT2D eigenvalue weighted by molar-refractivity contribution is 0.545. The molecule has 1 heteroatoms. The molecule has 0 aromatic carbocycles. The van der Waals surface area contributed by atoms with Crippen LogP contribution in [0.3, 0.4) is 0 Å². The lowest BCUT2D eigenvalue weighted by Gasteiger charge is -2.05. The van der Waals surface area contributed by atoms with Crippen molar-refractivity contribution in [1.29, 1.82) is 5.26 Å². The molecule has 0 aliphatic carbocycles. The number of rotatable bonds is 6. The topological polar surface area (TPSA) is 23.8 Å². The molecule has 0 rings (SSSR count). The monoisotopic (exact) mass is 191 g/mol. The van der Waals surface area contributed by atoms with Crippen molar-refractivity contribution in [2.24, 2.45) is 5.92 Å². The first kappa shape index (κ1) is 13.0. The summed E-state index contributed by atoms with van der Waals surface area (Å²) in [6.45, 7) is 6.60. The zero-order valence-electron chi connectivity index (χ0n) is 9.59. The Labute approximate surface area is 88.1 Å². The van der Waals surface area contributed by atoms with Gasteiger partial charge in [-0.1, -0.05) is 31.6 Å². The Kier molecular flexibility index (Phi) is 7.93. The number of hydrogen-bond acceptors (Lipinski definition) is 1. The van der Waals surface area contributed by atoms with Gasteiger partial charge in [-0.3, -0.25) is 0 Å². The molecule has 0 amide bonds. The van der Waals surface area contributed by atoms with Gasteiger partial charge in [-0.05, 0) is 38.5 Å². The maximum Gasteiger partial charge on any atom is 0.0908 e. The molecule has 0 fully saturated rings. The first-order valence-electron chi connectivity index (χ1n) is 5.41. The standard InChI is InChI=1S/C13H21N/c1-4-12(2)9-7-10-13(3)8-5-6-11-14/h5-6,9,13H,4,7-8,10H2,1-3H3. The van der Waals surface area contributed by atoms with Crippen molar-refractivity contribution >= 4 is 0 Å². The molecule has 0 aromatic rings. The Morgan fingerprint density at radius 2 is 2.21 bits per heavy atom. The largest absolute Gasteiger partial charge is 0.193 e. The molecule has 0 aromatic heterocycles. The molecule has 0 saturated heterocycles. The molecule has 0 spiro atoms. The summed E-state index contributed by atoms with van der Waals surface area (Å²) in [5.74, 6) is 0.681. The smallest absolute Gasteiger partial charge is 0.0908 e.